The van der Waals surface area contributed by atoms with E-state index >= 15 is 0 Å². The number of rotatable bonds is 6. The first-order chi connectivity index (χ1) is 8.43. The van der Waals surface area contributed by atoms with Crippen molar-refractivity contribution in [3.05, 3.63) is 23.2 Å². The Hall–Kier alpha value is -1.37. The maximum Gasteiger partial charge on any atom is 0.301 e. The summed E-state index contributed by atoms with van der Waals surface area (Å²) in [4.78, 5) is 15.7. The van der Waals surface area contributed by atoms with Gasteiger partial charge in [-0.15, -0.1) is 0 Å². The van der Waals surface area contributed by atoms with E-state index in [0.717, 1.165) is 24.4 Å². The van der Waals surface area contributed by atoms with Crippen LogP contribution in [0.25, 0.3) is 0 Å². The highest BCUT2D eigenvalue weighted by atomic mass is 16.4. The van der Waals surface area contributed by atoms with Gasteiger partial charge in [-0.3, -0.25) is 15.1 Å². The van der Waals surface area contributed by atoms with Crippen molar-refractivity contribution in [3.63, 3.8) is 0 Å². The molecule has 0 spiro atoms. The average molecular weight is 254 g/mol. The Morgan fingerprint density at radius 3 is 2.61 bits per heavy atom. The first-order valence-electron chi connectivity index (χ1n) is 5.87. The molecule has 6 heteroatoms. The van der Waals surface area contributed by atoms with Gasteiger partial charge in [-0.25, -0.2) is 5.84 Å². The summed E-state index contributed by atoms with van der Waals surface area (Å²) in [5.41, 5.74) is 2.88. The van der Waals surface area contributed by atoms with Crippen molar-refractivity contribution < 1.29 is 9.21 Å². The molecule has 1 aromatic heterocycles. The second-order valence-electron chi connectivity index (χ2n) is 4.74. The van der Waals surface area contributed by atoms with Crippen LogP contribution in [0.5, 0.6) is 0 Å². The van der Waals surface area contributed by atoms with Gasteiger partial charge in [0.2, 0.25) is 0 Å². The van der Waals surface area contributed by atoms with Gasteiger partial charge in [0.15, 0.2) is 5.76 Å². The maximum atomic E-state index is 11.4. The van der Waals surface area contributed by atoms with Crippen LogP contribution in [0, 0.1) is 6.92 Å². The van der Waals surface area contributed by atoms with E-state index in [1.165, 1.54) is 0 Å². The van der Waals surface area contributed by atoms with E-state index in [0.29, 0.717) is 6.54 Å². The first-order valence-corrected chi connectivity index (χ1v) is 5.87. The standard InChI is InChI=1S/C12H22N4O2/c1-9-7-10(18-11(9)12(17)14-13)8-16(4)6-5-15(2)3/h7H,5-6,8,13H2,1-4H3,(H,14,17). The van der Waals surface area contributed by atoms with Gasteiger partial charge >= 0.3 is 5.91 Å². The normalized spacial score (nSPS) is 11.3. The van der Waals surface area contributed by atoms with Crippen LogP contribution in [0.15, 0.2) is 10.5 Å². The highest BCUT2D eigenvalue weighted by Gasteiger charge is 2.15. The molecule has 0 aromatic carbocycles. The molecular weight excluding hydrogens is 232 g/mol. The number of carbonyl (C=O) groups is 1. The molecule has 18 heavy (non-hydrogen) atoms. The summed E-state index contributed by atoms with van der Waals surface area (Å²) in [7, 11) is 6.09. The second kappa shape index (κ2) is 6.53. The molecule has 6 nitrogen and oxygen atoms in total. The zero-order valence-electron chi connectivity index (χ0n) is 11.5. The Bertz CT molecular complexity index is 401. The Morgan fingerprint density at radius 1 is 1.39 bits per heavy atom. The molecule has 0 unspecified atom stereocenters. The predicted molar refractivity (Wildman–Crippen MR) is 70.0 cm³/mol. The SMILES string of the molecule is Cc1cc(CN(C)CCN(C)C)oc1C(=O)NN. The first kappa shape index (κ1) is 14.7. The summed E-state index contributed by atoms with van der Waals surface area (Å²) in [6, 6.07) is 1.87. The fraction of sp³-hybridized carbons (Fsp3) is 0.583. The van der Waals surface area contributed by atoms with Gasteiger partial charge < -0.3 is 9.32 Å². The van der Waals surface area contributed by atoms with E-state index in [1.54, 1.807) is 0 Å². The van der Waals surface area contributed by atoms with Crippen LogP contribution in [0.1, 0.15) is 21.9 Å². The summed E-state index contributed by atoms with van der Waals surface area (Å²) in [6.45, 7) is 4.42. The van der Waals surface area contributed by atoms with Gasteiger partial charge in [0.1, 0.15) is 5.76 Å². The van der Waals surface area contributed by atoms with Crippen molar-refractivity contribution in [3.8, 4) is 0 Å². The van der Waals surface area contributed by atoms with Crippen LogP contribution in [-0.4, -0.2) is 49.9 Å². The number of hydrogen-bond donors (Lipinski definition) is 2. The average Bonchev–Trinajstić information content (AvgIpc) is 2.66. The molecule has 1 heterocycles. The lowest BCUT2D eigenvalue weighted by Crippen LogP contribution is -2.30. The molecule has 0 aliphatic carbocycles. The largest absolute Gasteiger partial charge is 0.454 e. The summed E-state index contributed by atoms with van der Waals surface area (Å²) in [5, 5.41) is 0. The molecule has 0 radical (unpaired) electrons. The van der Waals surface area contributed by atoms with Crippen molar-refractivity contribution in [2.24, 2.45) is 5.84 Å². The minimum Gasteiger partial charge on any atom is -0.454 e. The smallest absolute Gasteiger partial charge is 0.301 e. The minimum absolute atomic E-state index is 0.286. The number of hydrazine groups is 1. The lowest BCUT2D eigenvalue weighted by molar-refractivity contribution is 0.0921. The minimum atomic E-state index is -0.394. The molecular formula is C12H22N4O2. The number of furan rings is 1. The predicted octanol–water partition coefficient (Wildman–Crippen LogP) is 0.185. The van der Waals surface area contributed by atoms with Crippen LogP contribution in [0.2, 0.25) is 0 Å². The molecule has 0 bridgehead atoms. The lowest BCUT2D eigenvalue weighted by Gasteiger charge is -2.17. The van der Waals surface area contributed by atoms with Gasteiger partial charge in [0.25, 0.3) is 0 Å². The molecule has 102 valence electrons. The number of hydrogen-bond acceptors (Lipinski definition) is 5. The molecule has 0 saturated heterocycles. The fourth-order valence-corrected chi connectivity index (χ4v) is 1.63. The number of aryl methyl sites for hydroxylation is 1. The van der Waals surface area contributed by atoms with Gasteiger partial charge in [-0.2, -0.15) is 0 Å². The Balaban J connectivity index is 2.60. The number of carbonyl (C=O) groups excluding carboxylic acids is 1. The van der Waals surface area contributed by atoms with E-state index in [1.807, 2.05) is 34.1 Å². The summed E-state index contributed by atoms with van der Waals surface area (Å²) in [5.74, 6) is 5.75. The second-order valence-corrected chi connectivity index (χ2v) is 4.74. The molecule has 0 fully saturated rings. The topological polar surface area (TPSA) is 74.7 Å². The van der Waals surface area contributed by atoms with Crippen LogP contribution in [0.4, 0.5) is 0 Å². The number of amides is 1. The molecule has 1 rings (SSSR count). The number of nitrogens with two attached hydrogens (primary N) is 1. The van der Waals surface area contributed by atoms with Gasteiger partial charge in [-0.05, 0) is 34.1 Å². The Labute approximate surface area is 108 Å². The van der Waals surface area contributed by atoms with E-state index in [4.69, 9.17) is 10.3 Å². The van der Waals surface area contributed by atoms with Gasteiger partial charge in [0.05, 0.1) is 6.54 Å². The maximum absolute atomic E-state index is 11.4. The number of nitrogens with zero attached hydrogens (tertiary/aromatic N) is 2. The van der Waals surface area contributed by atoms with E-state index in [9.17, 15) is 4.79 Å². The van der Waals surface area contributed by atoms with E-state index in [2.05, 4.69) is 15.2 Å². The summed E-state index contributed by atoms with van der Waals surface area (Å²) < 4.78 is 5.50. The van der Waals surface area contributed by atoms with Crippen molar-refractivity contribution >= 4 is 5.91 Å². The van der Waals surface area contributed by atoms with E-state index in [-0.39, 0.29) is 5.76 Å². The zero-order chi connectivity index (χ0) is 13.7. The van der Waals surface area contributed by atoms with Crippen LogP contribution in [0.3, 0.4) is 0 Å². The van der Waals surface area contributed by atoms with Gasteiger partial charge in [0, 0.05) is 18.7 Å². The number of nitrogens with one attached hydrogen (secondary N) is 1. The highest BCUT2D eigenvalue weighted by molar-refractivity contribution is 5.92. The Kier molecular flexibility index (Phi) is 5.33. The molecule has 0 aliphatic heterocycles. The van der Waals surface area contributed by atoms with Crippen LogP contribution in [-0.2, 0) is 6.54 Å². The molecule has 0 aliphatic rings. The Morgan fingerprint density at radius 2 is 2.06 bits per heavy atom. The molecule has 1 aromatic rings. The molecule has 3 N–H and O–H groups in total. The molecule has 0 atom stereocenters. The number of nitrogen functional groups attached to an aromatic ring is 1. The fourth-order valence-electron chi connectivity index (χ4n) is 1.63. The van der Waals surface area contributed by atoms with Crippen molar-refractivity contribution in [1.29, 1.82) is 0 Å². The molecule has 1 amide bonds. The molecule has 0 saturated carbocycles. The summed E-state index contributed by atoms with van der Waals surface area (Å²) >= 11 is 0. The van der Waals surface area contributed by atoms with Gasteiger partial charge in [-0.1, -0.05) is 0 Å². The quantitative estimate of drug-likeness (QED) is 0.430. The summed E-state index contributed by atoms with van der Waals surface area (Å²) in [6.07, 6.45) is 0. The zero-order valence-corrected chi connectivity index (χ0v) is 11.5. The highest BCUT2D eigenvalue weighted by Crippen LogP contribution is 2.15. The third-order valence-corrected chi connectivity index (χ3v) is 2.66. The number of likely N-dealkylation sites (N-methyl/N-ethyl adjacent to an activating group) is 2. The van der Waals surface area contributed by atoms with Crippen molar-refractivity contribution in [1.82, 2.24) is 15.2 Å². The van der Waals surface area contributed by atoms with Crippen LogP contribution < -0.4 is 11.3 Å². The van der Waals surface area contributed by atoms with Crippen molar-refractivity contribution in [2.75, 3.05) is 34.2 Å². The third-order valence-electron chi connectivity index (χ3n) is 2.66. The van der Waals surface area contributed by atoms with E-state index < -0.39 is 5.91 Å². The van der Waals surface area contributed by atoms with Crippen LogP contribution >= 0.6 is 0 Å². The monoisotopic (exact) mass is 254 g/mol. The lowest BCUT2D eigenvalue weighted by atomic mass is 10.2. The third kappa shape index (κ3) is 4.14. The van der Waals surface area contributed by atoms with Crippen molar-refractivity contribution in [2.45, 2.75) is 13.5 Å².